The van der Waals surface area contributed by atoms with Crippen LogP contribution in [0.15, 0.2) is 54.7 Å². The van der Waals surface area contributed by atoms with Crippen molar-refractivity contribution < 1.29 is 23.5 Å². The van der Waals surface area contributed by atoms with Crippen molar-refractivity contribution in [3.8, 4) is 5.75 Å². The first kappa shape index (κ1) is 23.4. The van der Waals surface area contributed by atoms with Gasteiger partial charge < -0.3 is 14.8 Å². The van der Waals surface area contributed by atoms with Gasteiger partial charge in [0.25, 0.3) is 0 Å². The third-order valence-electron chi connectivity index (χ3n) is 5.86. The maximum absolute atomic E-state index is 13.7. The molecule has 4 rings (SSSR count). The Morgan fingerprint density at radius 1 is 1.15 bits per heavy atom. The maximum atomic E-state index is 13.7. The lowest BCUT2D eigenvalue weighted by molar-refractivity contribution is -0.125. The minimum absolute atomic E-state index is 0.103. The molecule has 3 aromatic rings. The van der Waals surface area contributed by atoms with E-state index in [1.165, 1.54) is 25.4 Å². The van der Waals surface area contributed by atoms with Crippen molar-refractivity contribution in [3.05, 3.63) is 77.4 Å². The average Bonchev–Trinajstić information content (AvgIpc) is 3.50. The third kappa shape index (κ3) is 5.40. The van der Waals surface area contributed by atoms with Gasteiger partial charge >= 0.3 is 5.97 Å². The molecule has 1 aliphatic rings. The number of carbonyl (C=O) groups excluding carboxylic acids is 2. The predicted octanol–water partition coefficient (Wildman–Crippen LogP) is 2.34. The number of benzene rings is 2. The quantitative estimate of drug-likeness (QED) is 0.508. The topological polar surface area (TPSA) is 98.6 Å². The summed E-state index contributed by atoms with van der Waals surface area (Å²) in [5.41, 5.74) is 1.81. The number of amides is 1. The Labute approximate surface area is 196 Å². The van der Waals surface area contributed by atoms with Gasteiger partial charge in [-0.2, -0.15) is 0 Å². The number of halogens is 1. The van der Waals surface area contributed by atoms with Crippen LogP contribution in [0.5, 0.6) is 5.75 Å². The molecule has 0 spiro atoms. The van der Waals surface area contributed by atoms with Gasteiger partial charge in [-0.25, -0.2) is 13.9 Å². The van der Waals surface area contributed by atoms with Crippen LogP contribution in [0.2, 0.25) is 0 Å². The summed E-state index contributed by atoms with van der Waals surface area (Å²) >= 11 is 0. The number of aromatic nitrogens is 3. The predicted molar refractivity (Wildman–Crippen MR) is 120 cm³/mol. The standard InChI is InChI=1S/C24H26FN5O4/c1-33-20-8-6-16(7-9-20)12-26-23(31)22-11-19(30-15-21(27-28-30)24(32)34-2)14-29(22)13-17-4-3-5-18(25)10-17/h3-10,15,19,22H,11-14H2,1-2H3,(H,26,31)/t19-,22+/m1/s1. The molecule has 2 heterocycles. The molecule has 0 radical (unpaired) electrons. The molecule has 2 aromatic carbocycles. The fourth-order valence-corrected chi connectivity index (χ4v) is 4.09. The van der Waals surface area contributed by atoms with E-state index in [9.17, 15) is 14.0 Å². The number of methoxy groups -OCH3 is 2. The van der Waals surface area contributed by atoms with Gasteiger partial charge in [-0.15, -0.1) is 5.10 Å². The van der Waals surface area contributed by atoms with Crippen molar-refractivity contribution >= 4 is 11.9 Å². The van der Waals surface area contributed by atoms with Crippen molar-refractivity contribution in [2.45, 2.75) is 31.6 Å². The Morgan fingerprint density at radius 3 is 2.65 bits per heavy atom. The highest BCUT2D eigenvalue weighted by Crippen LogP contribution is 2.29. The Bertz CT molecular complexity index is 1150. The SMILES string of the molecule is COC(=O)c1cn([C@@H]2C[C@@H](C(=O)NCc3ccc(OC)cc3)N(Cc3cccc(F)c3)C2)nn1. The van der Waals surface area contributed by atoms with Crippen LogP contribution in [0.1, 0.15) is 34.1 Å². The zero-order valence-electron chi connectivity index (χ0n) is 19.0. The molecule has 9 nitrogen and oxygen atoms in total. The van der Waals surface area contributed by atoms with Crippen LogP contribution in [0, 0.1) is 5.82 Å². The number of carbonyl (C=O) groups is 2. The molecule has 1 fully saturated rings. The summed E-state index contributed by atoms with van der Waals surface area (Å²) in [6, 6.07) is 13.2. The van der Waals surface area contributed by atoms with Gasteiger partial charge in [0.05, 0.1) is 32.5 Å². The van der Waals surface area contributed by atoms with E-state index in [1.54, 1.807) is 17.9 Å². The summed E-state index contributed by atoms with van der Waals surface area (Å²) in [4.78, 5) is 26.9. The smallest absolute Gasteiger partial charge is 0.360 e. The third-order valence-corrected chi connectivity index (χ3v) is 5.86. The lowest BCUT2D eigenvalue weighted by Gasteiger charge is -2.23. The molecule has 0 aliphatic carbocycles. The molecule has 0 bridgehead atoms. The average molecular weight is 468 g/mol. The summed E-state index contributed by atoms with van der Waals surface area (Å²) in [6.45, 7) is 1.25. The second kappa shape index (κ2) is 10.4. The van der Waals surface area contributed by atoms with Crippen molar-refractivity contribution in [3.63, 3.8) is 0 Å². The Hall–Kier alpha value is -3.79. The number of hydrogen-bond donors (Lipinski definition) is 1. The molecule has 178 valence electrons. The van der Waals surface area contributed by atoms with Crippen LogP contribution >= 0.6 is 0 Å². The Kier molecular flexibility index (Phi) is 7.17. The first-order chi connectivity index (χ1) is 16.5. The maximum Gasteiger partial charge on any atom is 0.360 e. The highest BCUT2D eigenvalue weighted by Gasteiger charge is 2.38. The van der Waals surface area contributed by atoms with Gasteiger partial charge in [0.15, 0.2) is 5.69 Å². The van der Waals surface area contributed by atoms with E-state index in [0.29, 0.717) is 26.1 Å². The van der Waals surface area contributed by atoms with Crippen LogP contribution in [0.4, 0.5) is 4.39 Å². The van der Waals surface area contributed by atoms with E-state index in [0.717, 1.165) is 16.9 Å². The van der Waals surface area contributed by atoms with Gasteiger partial charge in [-0.1, -0.05) is 29.5 Å². The van der Waals surface area contributed by atoms with Crippen LogP contribution in [0.25, 0.3) is 0 Å². The van der Waals surface area contributed by atoms with E-state index in [4.69, 9.17) is 9.47 Å². The van der Waals surface area contributed by atoms with Crippen molar-refractivity contribution in [1.82, 2.24) is 25.2 Å². The van der Waals surface area contributed by atoms with Crippen LogP contribution in [0.3, 0.4) is 0 Å². The van der Waals surface area contributed by atoms with E-state index in [2.05, 4.69) is 15.6 Å². The first-order valence-electron chi connectivity index (χ1n) is 10.9. The molecule has 1 amide bonds. The number of nitrogens with one attached hydrogen (secondary N) is 1. The van der Waals surface area contributed by atoms with Gasteiger partial charge in [-0.3, -0.25) is 9.69 Å². The lowest BCUT2D eigenvalue weighted by atomic mass is 10.1. The molecule has 0 saturated carbocycles. The van der Waals surface area contributed by atoms with E-state index in [-0.39, 0.29) is 23.5 Å². The molecular weight excluding hydrogens is 441 g/mol. The van der Waals surface area contributed by atoms with Crippen LogP contribution < -0.4 is 10.1 Å². The second-order valence-corrected chi connectivity index (χ2v) is 8.11. The Balaban J connectivity index is 1.49. The number of likely N-dealkylation sites (tertiary alicyclic amines) is 1. The summed E-state index contributed by atoms with van der Waals surface area (Å²) < 4.78 is 25.2. The minimum Gasteiger partial charge on any atom is -0.497 e. The largest absolute Gasteiger partial charge is 0.497 e. The number of rotatable bonds is 8. The molecular formula is C24H26FN5O4. The molecule has 1 aromatic heterocycles. The molecule has 1 saturated heterocycles. The molecule has 1 N–H and O–H groups in total. The molecule has 2 atom stereocenters. The zero-order chi connectivity index (χ0) is 24.1. The summed E-state index contributed by atoms with van der Waals surface area (Å²) in [5.74, 6) is -0.292. The Morgan fingerprint density at radius 2 is 1.94 bits per heavy atom. The van der Waals surface area contributed by atoms with Gasteiger partial charge in [0, 0.05) is 19.6 Å². The fraction of sp³-hybridized carbons (Fsp3) is 0.333. The fourth-order valence-electron chi connectivity index (χ4n) is 4.09. The highest BCUT2D eigenvalue weighted by molar-refractivity contribution is 5.86. The van der Waals surface area contributed by atoms with Crippen molar-refractivity contribution in [2.75, 3.05) is 20.8 Å². The molecule has 0 unspecified atom stereocenters. The van der Waals surface area contributed by atoms with Crippen LogP contribution in [-0.4, -0.2) is 58.6 Å². The van der Waals surface area contributed by atoms with E-state index >= 15 is 0 Å². The molecule has 10 heteroatoms. The number of nitrogens with zero attached hydrogens (tertiary/aromatic N) is 4. The summed E-state index contributed by atoms with van der Waals surface area (Å²) in [5, 5.41) is 10.9. The van der Waals surface area contributed by atoms with Gasteiger partial charge in [0.1, 0.15) is 11.6 Å². The van der Waals surface area contributed by atoms with E-state index in [1.807, 2.05) is 35.2 Å². The number of ether oxygens (including phenoxy) is 2. The summed E-state index contributed by atoms with van der Waals surface area (Å²) in [6.07, 6.45) is 1.99. The van der Waals surface area contributed by atoms with Gasteiger partial charge in [0.2, 0.25) is 5.91 Å². The molecule has 34 heavy (non-hydrogen) atoms. The molecule has 1 aliphatic heterocycles. The number of esters is 1. The summed E-state index contributed by atoms with van der Waals surface area (Å²) in [7, 11) is 2.88. The van der Waals surface area contributed by atoms with Crippen LogP contribution in [-0.2, 0) is 22.6 Å². The van der Waals surface area contributed by atoms with Crippen molar-refractivity contribution in [2.24, 2.45) is 0 Å². The highest BCUT2D eigenvalue weighted by atomic mass is 19.1. The number of hydrogen-bond acceptors (Lipinski definition) is 7. The zero-order valence-corrected chi connectivity index (χ0v) is 19.0. The first-order valence-corrected chi connectivity index (χ1v) is 10.9. The second-order valence-electron chi connectivity index (χ2n) is 8.11. The lowest BCUT2D eigenvalue weighted by Crippen LogP contribution is -2.42. The van der Waals surface area contributed by atoms with E-state index < -0.39 is 12.0 Å². The monoisotopic (exact) mass is 467 g/mol. The minimum atomic E-state index is -0.574. The van der Waals surface area contributed by atoms with Gasteiger partial charge in [-0.05, 0) is 41.8 Å². The normalized spacial score (nSPS) is 18.0. The van der Waals surface area contributed by atoms with Crippen molar-refractivity contribution in [1.29, 1.82) is 0 Å².